The molecule has 1 rings (SSSR count). The fourth-order valence-corrected chi connectivity index (χ4v) is 2.53. The molecule has 0 aromatic heterocycles. The van der Waals surface area contributed by atoms with E-state index >= 15 is 0 Å². The van der Waals surface area contributed by atoms with Gasteiger partial charge in [0.15, 0.2) is 0 Å². The molecule has 0 atom stereocenters. The molecule has 0 unspecified atom stereocenters. The van der Waals surface area contributed by atoms with Crippen molar-refractivity contribution in [2.24, 2.45) is 5.41 Å². The van der Waals surface area contributed by atoms with Gasteiger partial charge in [-0.3, -0.25) is 0 Å². The van der Waals surface area contributed by atoms with Gasteiger partial charge >= 0.3 is 0 Å². The third-order valence-corrected chi connectivity index (χ3v) is 3.35. The van der Waals surface area contributed by atoms with Crippen LogP contribution in [0, 0.1) is 5.41 Å². The minimum atomic E-state index is 0.611. The van der Waals surface area contributed by atoms with Crippen LogP contribution in [-0.2, 0) is 0 Å². The number of rotatable bonds is 3. The van der Waals surface area contributed by atoms with Crippen LogP contribution in [0.1, 0.15) is 51.9 Å². The summed E-state index contributed by atoms with van der Waals surface area (Å²) < 4.78 is 0. The zero-order valence-corrected chi connectivity index (χ0v) is 8.25. The first-order valence-corrected chi connectivity index (χ1v) is 5.24. The van der Waals surface area contributed by atoms with Gasteiger partial charge in [-0.25, -0.2) is 0 Å². The van der Waals surface area contributed by atoms with Gasteiger partial charge in [0.2, 0.25) is 0 Å². The summed E-state index contributed by atoms with van der Waals surface area (Å²) in [5, 5.41) is 1.94. The normalized spacial score (nSPS) is 23.0. The van der Waals surface area contributed by atoms with Crippen LogP contribution in [0.5, 0.6) is 0 Å². The lowest BCUT2D eigenvalue weighted by Crippen LogP contribution is -2.23. The highest BCUT2D eigenvalue weighted by atomic mass is 32.1. The maximum Gasteiger partial charge on any atom is -0.0189 e. The van der Waals surface area contributed by atoms with E-state index in [1.165, 1.54) is 44.9 Å². The average Bonchev–Trinajstić information content (AvgIpc) is 2.07. The van der Waals surface area contributed by atoms with Crippen molar-refractivity contribution in [3.8, 4) is 0 Å². The number of hydrogen-bond donors (Lipinski definition) is 0. The summed E-state index contributed by atoms with van der Waals surface area (Å²) in [6, 6.07) is 0. The van der Waals surface area contributed by atoms with E-state index in [1.54, 1.807) is 0 Å². The molecule has 0 nitrogen and oxygen atoms in total. The van der Waals surface area contributed by atoms with Gasteiger partial charge in [0, 0.05) is 0 Å². The van der Waals surface area contributed by atoms with Crippen molar-refractivity contribution in [2.75, 3.05) is 0 Å². The quantitative estimate of drug-likeness (QED) is 0.581. The highest BCUT2D eigenvalue weighted by molar-refractivity contribution is 7.78. The SMILES string of the molecule is CCC1(CC=S)CCCCC1. The topological polar surface area (TPSA) is 0 Å². The molecule has 1 fully saturated rings. The molecule has 0 radical (unpaired) electrons. The third-order valence-electron chi connectivity index (χ3n) is 3.18. The van der Waals surface area contributed by atoms with E-state index in [9.17, 15) is 0 Å². The third kappa shape index (κ3) is 2.26. The Morgan fingerprint density at radius 3 is 2.36 bits per heavy atom. The second-order valence-electron chi connectivity index (χ2n) is 3.79. The summed E-state index contributed by atoms with van der Waals surface area (Å²) in [6.07, 6.45) is 9.61. The second kappa shape index (κ2) is 4.20. The molecular formula is C10H18S. The van der Waals surface area contributed by atoms with E-state index in [-0.39, 0.29) is 0 Å². The Labute approximate surface area is 75.4 Å². The Hall–Kier alpha value is 0.0900. The molecule has 0 bridgehead atoms. The van der Waals surface area contributed by atoms with Gasteiger partial charge in [-0.05, 0) is 30.0 Å². The first-order chi connectivity index (χ1) is 5.33. The Kier molecular flexibility index (Phi) is 3.50. The summed E-state index contributed by atoms with van der Waals surface area (Å²) in [5.74, 6) is 0. The molecule has 0 N–H and O–H groups in total. The Balaban J connectivity index is 2.49. The van der Waals surface area contributed by atoms with Crippen molar-refractivity contribution in [1.82, 2.24) is 0 Å². The van der Waals surface area contributed by atoms with Crippen LogP contribution in [-0.4, -0.2) is 5.37 Å². The fourth-order valence-electron chi connectivity index (χ4n) is 2.18. The van der Waals surface area contributed by atoms with Crippen molar-refractivity contribution in [3.05, 3.63) is 0 Å². The molecule has 1 aliphatic rings. The largest absolute Gasteiger partial charge is 0.0935 e. The molecule has 1 heteroatoms. The van der Waals surface area contributed by atoms with Gasteiger partial charge in [0.05, 0.1) is 0 Å². The molecule has 0 saturated heterocycles. The van der Waals surface area contributed by atoms with Crippen molar-refractivity contribution in [1.29, 1.82) is 0 Å². The molecule has 11 heavy (non-hydrogen) atoms. The molecule has 1 aliphatic carbocycles. The van der Waals surface area contributed by atoms with Crippen LogP contribution >= 0.6 is 12.2 Å². The molecular weight excluding hydrogens is 152 g/mol. The van der Waals surface area contributed by atoms with Gasteiger partial charge in [0.1, 0.15) is 0 Å². The van der Waals surface area contributed by atoms with Crippen LogP contribution in [0.25, 0.3) is 0 Å². The fraction of sp³-hybridized carbons (Fsp3) is 0.900. The lowest BCUT2D eigenvalue weighted by molar-refractivity contribution is 0.192. The van der Waals surface area contributed by atoms with E-state index in [0.717, 1.165) is 0 Å². The minimum absolute atomic E-state index is 0.611. The van der Waals surface area contributed by atoms with E-state index in [2.05, 4.69) is 6.92 Å². The van der Waals surface area contributed by atoms with E-state index in [4.69, 9.17) is 12.2 Å². The molecule has 0 spiro atoms. The van der Waals surface area contributed by atoms with Gasteiger partial charge in [-0.1, -0.05) is 44.8 Å². The Morgan fingerprint density at radius 1 is 1.27 bits per heavy atom. The maximum atomic E-state index is 4.95. The van der Waals surface area contributed by atoms with Crippen molar-refractivity contribution in [2.45, 2.75) is 51.9 Å². The average molecular weight is 170 g/mol. The van der Waals surface area contributed by atoms with Gasteiger partial charge in [-0.15, -0.1) is 0 Å². The van der Waals surface area contributed by atoms with Gasteiger partial charge < -0.3 is 0 Å². The Bertz CT molecular complexity index is 123. The summed E-state index contributed by atoms with van der Waals surface area (Å²) in [7, 11) is 0. The van der Waals surface area contributed by atoms with E-state index in [0.29, 0.717) is 5.41 Å². The van der Waals surface area contributed by atoms with Crippen molar-refractivity contribution in [3.63, 3.8) is 0 Å². The van der Waals surface area contributed by atoms with E-state index < -0.39 is 0 Å². The number of thiocarbonyl (C=S) groups is 1. The molecule has 0 aliphatic heterocycles. The maximum absolute atomic E-state index is 4.95. The second-order valence-corrected chi connectivity index (χ2v) is 4.12. The molecule has 0 heterocycles. The predicted molar refractivity (Wildman–Crippen MR) is 54.1 cm³/mol. The highest BCUT2D eigenvalue weighted by Crippen LogP contribution is 2.41. The van der Waals surface area contributed by atoms with Gasteiger partial charge in [-0.2, -0.15) is 0 Å². The highest BCUT2D eigenvalue weighted by Gasteiger charge is 2.28. The first-order valence-electron chi connectivity index (χ1n) is 4.77. The van der Waals surface area contributed by atoms with Crippen LogP contribution < -0.4 is 0 Å². The van der Waals surface area contributed by atoms with Gasteiger partial charge in [0.25, 0.3) is 0 Å². The van der Waals surface area contributed by atoms with Crippen LogP contribution in [0.4, 0.5) is 0 Å². The zero-order chi connectivity index (χ0) is 8.16. The molecule has 64 valence electrons. The number of hydrogen-bond acceptors (Lipinski definition) is 1. The minimum Gasteiger partial charge on any atom is -0.0935 e. The lowest BCUT2D eigenvalue weighted by Gasteiger charge is -2.35. The van der Waals surface area contributed by atoms with Crippen LogP contribution in [0.3, 0.4) is 0 Å². The molecule has 1 saturated carbocycles. The first kappa shape index (κ1) is 9.18. The summed E-state index contributed by atoms with van der Waals surface area (Å²) in [4.78, 5) is 0. The van der Waals surface area contributed by atoms with E-state index in [1.807, 2.05) is 5.37 Å². The van der Waals surface area contributed by atoms with Crippen LogP contribution in [0.2, 0.25) is 0 Å². The standard InChI is InChI=1S/C10H18S/c1-2-10(8-9-11)6-4-3-5-7-10/h9H,2-8H2,1H3. The summed E-state index contributed by atoms with van der Waals surface area (Å²) >= 11 is 4.95. The lowest BCUT2D eigenvalue weighted by atomic mass is 9.70. The predicted octanol–water partition coefficient (Wildman–Crippen LogP) is 3.74. The monoisotopic (exact) mass is 170 g/mol. The van der Waals surface area contributed by atoms with Crippen molar-refractivity contribution >= 4 is 17.6 Å². The smallest absolute Gasteiger partial charge is 0.0189 e. The summed E-state index contributed by atoms with van der Waals surface area (Å²) in [5.41, 5.74) is 0.611. The summed E-state index contributed by atoms with van der Waals surface area (Å²) in [6.45, 7) is 2.31. The zero-order valence-electron chi connectivity index (χ0n) is 7.44. The van der Waals surface area contributed by atoms with Crippen molar-refractivity contribution < 1.29 is 0 Å². The Morgan fingerprint density at radius 2 is 1.91 bits per heavy atom. The molecule has 0 aromatic carbocycles. The molecule has 0 amide bonds. The molecule has 0 aromatic rings. The van der Waals surface area contributed by atoms with Crippen LogP contribution in [0.15, 0.2) is 0 Å².